The van der Waals surface area contributed by atoms with Crippen molar-refractivity contribution < 1.29 is 9.59 Å². The molecule has 0 radical (unpaired) electrons. The summed E-state index contributed by atoms with van der Waals surface area (Å²) in [4.78, 5) is 30.6. The third-order valence-electron chi connectivity index (χ3n) is 5.59. The van der Waals surface area contributed by atoms with Gasteiger partial charge in [-0.1, -0.05) is 54.1 Å². The van der Waals surface area contributed by atoms with E-state index < -0.39 is 0 Å². The molecule has 1 atom stereocenters. The van der Waals surface area contributed by atoms with Crippen LogP contribution in [0.2, 0.25) is 0 Å². The molecule has 1 N–H and O–H groups in total. The molecule has 1 saturated heterocycles. The zero-order valence-corrected chi connectivity index (χ0v) is 18.5. The molecule has 0 saturated carbocycles. The molecule has 5 nitrogen and oxygen atoms in total. The van der Waals surface area contributed by atoms with Gasteiger partial charge in [-0.05, 0) is 36.1 Å². The van der Waals surface area contributed by atoms with Gasteiger partial charge in [0.05, 0.1) is 12.6 Å². The Morgan fingerprint density at radius 1 is 0.935 bits per heavy atom. The molecule has 2 aromatic carbocycles. The highest BCUT2D eigenvalue weighted by Gasteiger charge is 2.24. The molecule has 2 amide bonds. The zero-order chi connectivity index (χ0) is 21.6. The van der Waals surface area contributed by atoms with Crippen LogP contribution in [0.3, 0.4) is 0 Å². The molecule has 0 aliphatic carbocycles. The van der Waals surface area contributed by atoms with Crippen LogP contribution in [0.15, 0.2) is 72.1 Å². The second-order valence-electron chi connectivity index (χ2n) is 7.86. The average Bonchev–Trinajstić information content (AvgIpc) is 3.33. The predicted molar refractivity (Wildman–Crippen MR) is 124 cm³/mol. The number of piperazine rings is 1. The molecule has 0 spiro atoms. The summed E-state index contributed by atoms with van der Waals surface area (Å²) in [7, 11) is 0. The quantitative estimate of drug-likeness (QED) is 0.645. The first-order chi connectivity index (χ1) is 15.1. The summed E-state index contributed by atoms with van der Waals surface area (Å²) < 4.78 is 0. The van der Waals surface area contributed by atoms with Crippen LogP contribution in [-0.2, 0) is 4.79 Å². The van der Waals surface area contributed by atoms with Crippen LogP contribution in [-0.4, -0.2) is 54.3 Å². The summed E-state index contributed by atoms with van der Waals surface area (Å²) in [6.45, 7) is 5.05. The van der Waals surface area contributed by atoms with Gasteiger partial charge in [0, 0.05) is 36.6 Å². The van der Waals surface area contributed by atoms with E-state index in [4.69, 9.17) is 0 Å². The molecule has 2 heterocycles. The van der Waals surface area contributed by atoms with Crippen LogP contribution >= 0.6 is 11.3 Å². The number of rotatable bonds is 6. The number of aryl methyl sites for hydroxylation is 1. The lowest BCUT2D eigenvalue weighted by Crippen LogP contribution is -2.51. The molecular weight excluding hydrogens is 406 g/mol. The lowest BCUT2D eigenvalue weighted by atomic mass is 10.0. The molecule has 4 rings (SSSR count). The second kappa shape index (κ2) is 9.90. The van der Waals surface area contributed by atoms with Crippen molar-refractivity contribution in [2.75, 3.05) is 32.7 Å². The number of hydrogen-bond donors (Lipinski definition) is 1. The highest BCUT2D eigenvalue weighted by molar-refractivity contribution is 7.10. The van der Waals surface area contributed by atoms with E-state index in [0.717, 1.165) is 10.4 Å². The van der Waals surface area contributed by atoms with E-state index in [9.17, 15) is 9.59 Å². The Bertz CT molecular complexity index is 995. The lowest BCUT2D eigenvalue weighted by Gasteiger charge is -2.34. The predicted octanol–water partition coefficient (Wildman–Crippen LogP) is 3.72. The van der Waals surface area contributed by atoms with Gasteiger partial charge in [-0.15, -0.1) is 11.3 Å². The van der Waals surface area contributed by atoms with Crippen LogP contribution < -0.4 is 5.32 Å². The number of nitrogens with one attached hydrogen (secondary N) is 1. The molecule has 1 aliphatic rings. The van der Waals surface area contributed by atoms with Crippen LogP contribution in [0.1, 0.15) is 32.4 Å². The number of nitrogens with zero attached hydrogens (tertiary/aromatic N) is 2. The van der Waals surface area contributed by atoms with Gasteiger partial charge in [0.25, 0.3) is 5.91 Å². The fraction of sp³-hybridized carbons (Fsp3) is 0.280. The number of carbonyl (C=O) groups is 2. The standard InChI is InChI=1S/C25H27N3O2S/c1-19-9-11-20(12-10-19)24(22-8-5-17-31-22)26-23(29)18-27-13-15-28(16-14-27)25(30)21-6-3-2-4-7-21/h2-12,17,24H,13-16,18H2,1H3,(H,26,29). The topological polar surface area (TPSA) is 52.7 Å². The molecule has 1 aliphatic heterocycles. The first-order valence-electron chi connectivity index (χ1n) is 10.6. The number of benzene rings is 2. The molecule has 31 heavy (non-hydrogen) atoms. The Morgan fingerprint density at radius 2 is 1.65 bits per heavy atom. The van der Waals surface area contributed by atoms with Gasteiger partial charge in [-0.2, -0.15) is 0 Å². The van der Waals surface area contributed by atoms with Gasteiger partial charge in [-0.25, -0.2) is 0 Å². The summed E-state index contributed by atoms with van der Waals surface area (Å²) in [6.07, 6.45) is 0. The van der Waals surface area contributed by atoms with Crippen LogP contribution in [0.4, 0.5) is 0 Å². The molecule has 1 unspecified atom stereocenters. The number of hydrogen-bond acceptors (Lipinski definition) is 4. The largest absolute Gasteiger partial charge is 0.343 e. The fourth-order valence-electron chi connectivity index (χ4n) is 3.82. The van der Waals surface area contributed by atoms with E-state index in [2.05, 4.69) is 47.5 Å². The summed E-state index contributed by atoms with van der Waals surface area (Å²) in [6, 6.07) is 21.6. The SMILES string of the molecule is Cc1ccc(C(NC(=O)CN2CCN(C(=O)c3ccccc3)CC2)c2cccs2)cc1. The summed E-state index contributed by atoms with van der Waals surface area (Å²) in [5.41, 5.74) is 2.99. The first kappa shape index (κ1) is 21.3. The minimum atomic E-state index is -0.144. The normalized spacial score (nSPS) is 15.5. The smallest absolute Gasteiger partial charge is 0.253 e. The van der Waals surface area contributed by atoms with E-state index in [-0.39, 0.29) is 17.9 Å². The van der Waals surface area contributed by atoms with Crippen molar-refractivity contribution in [3.05, 3.63) is 93.7 Å². The molecule has 1 fully saturated rings. The molecule has 3 aromatic rings. The van der Waals surface area contributed by atoms with Gasteiger partial charge >= 0.3 is 0 Å². The van der Waals surface area contributed by atoms with Crippen molar-refractivity contribution in [3.63, 3.8) is 0 Å². The summed E-state index contributed by atoms with van der Waals surface area (Å²) in [5, 5.41) is 5.24. The van der Waals surface area contributed by atoms with E-state index in [1.165, 1.54) is 5.56 Å². The Hall–Kier alpha value is -2.96. The molecule has 160 valence electrons. The fourth-order valence-corrected chi connectivity index (χ4v) is 4.62. The zero-order valence-electron chi connectivity index (χ0n) is 17.7. The lowest BCUT2D eigenvalue weighted by molar-refractivity contribution is -0.123. The Kier molecular flexibility index (Phi) is 6.79. The van der Waals surface area contributed by atoms with Crippen molar-refractivity contribution in [2.45, 2.75) is 13.0 Å². The van der Waals surface area contributed by atoms with Crippen molar-refractivity contribution in [3.8, 4) is 0 Å². The Balaban J connectivity index is 1.34. The Morgan fingerprint density at radius 3 is 2.29 bits per heavy atom. The van der Waals surface area contributed by atoms with Gasteiger partial charge in [-0.3, -0.25) is 14.5 Å². The van der Waals surface area contributed by atoms with Crippen LogP contribution in [0, 0.1) is 6.92 Å². The molecule has 6 heteroatoms. The van der Waals surface area contributed by atoms with Crippen LogP contribution in [0.25, 0.3) is 0 Å². The number of carbonyl (C=O) groups excluding carboxylic acids is 2. The minimum absolute atomic E-state index is 0.00168. The minimum Gasteiger partial charge on any atom is -0.343 e. The van der Waals surface area contributed by atoms with Crippen molar-refractivity contribution in [1.29, 1.82) is 0 Å². The van der Waals surface area contributed by atoms with E-state index in [1.54, 1.807) is 11.3 Å². The van der Waals surface area contributed by atoms with Gasteiger partial charge in [0.2, 0.25) is 5.91 Å². The maximum absolute atomic E-state index is 12.9. The number of thiophene rings is 1. The maximum Gasteiger partial charge on any atom is 0.253 e. The number of amides is 2. The third-order valence-corrected chi connectivity index (χ3v) is 6.53. The first-order valence-corrected chi connectivity index (χ1v) is 11.4. The summed E-state index contributed by atoms with van der Waals surface area (Å²) in [5.74, 6) is 0.0589. The monoisotopic (exact) mass is 433 g/mol. The van der Waals surface area contributed by atoms with E-state index in [0.29, 0.717) is 38.3 Å². The highest BCUT2D eigenvalue weighted by Crippen LogP contribution is 2.26. The highest BCUT2D eigenvalue weighted by atomic mass is 32.1. The molecule has 0 bridgehead atoms. The van der Waals surface area contributed by atoms with Crippen molar-refractivity contribution in [2.24, 2.45) is 0 Å². The van der Waals surface area contributed by atoms with Crippen molar-refractivity contribution in [1.82, 2.24) is 15.1 Å². The van der Waals surface area contributed by atoms with E-state index in [1.807, 2.05) is 46.7 Å². The van der Waals surface area contributed by atoms with Crippen LogP contribution in [0.5, 0.6) is 0 Å². The van der Waals surface area contributed by atoms with Crippen molar-refractivity contribution >= 4 is 23.2 Å². The third kappa shape index (κ3) is 5.40. The van der Waals surface area contributed by atoms with Gasteiger partial charge in [0.1, 0.15) is 0 Å². The van der Waals surface area contributed by atoms with Gasteiger partial charge in [0.15, 0.2) is 0 Å². The molecule has 1 aromatic heterocycles. The Labute approximate surface area is 187 Å². The second-order valence-corrected chi connectivity index (χ2v) is 8.84. The van der Waals surface area contributed by atoms with E-state index >= 15 is 0 Å². The summed E-state index contributed by atoms with van der Waals surface area (Å²) >= 11 is 1.65. The maximum atomic E-state index is 12.9. The van der Waals surface area contributed by atoms with Gasteiger partial charge < -0.3 is 10.2 Å². The average molecular weight is 434 g/mol. The molecular formula is C25H27N3O2S.